The van der Waals surface area contributed by atoms with E-state index < -0.39 is 24.5 Å². The van der Waals surface area contributed by atoms with E-state index in [2.05, 4.69) is 4.74 Å². The van der Waals surface area contributed by atoms with Crippen molar-refractivity contribution in [2.45, 2.75) is 31.9 Å². The molecule has 0 aliphatic carbocycles. The number of nitrogens with zero attached hydrogens (tertiary/aromatic N) is 1. The van der Waals surface area contributed by atoms with Gasteiger partial charge in [-0.2, -0.15) is 8.78 Å². The molecule has 1 aromatic carbocycles. The normalized spacial score (nSPS) is 18.6. The van der Waals surface area contributed by atoms with Crippen LogP contribution in [0.2, 0.25) is 0 Å². The number of hydrogen-bond donors (Lipinski definition) is 1. The second kappa shape index (κ2) is 6.51. The zero-order chi connectivity index (χ0) is 15.4. The molecule has 21 heavy (non-hydrogen) atoms. The Morgan fingerprint density at radius 2 is 2.00 bits per heavy atom. The maximum absolute atomic E-state index is 12.5. The van der Waals surface area contributed by atoms with E-state index in [9.17, 15) is 23.5 Å². The lowest BCUT2D eigenvalue weighted by molar-refractivity contribution is -0.143. The number of carbonyl (C=O) groups excluding carboxylic acids is 1. The van der Waals surface area contributed by atoms with Crippen LogP contribution in [0.1, 0.15) is 29.6 Å². The van der Waals surface area contributed by atoms with Gasteiger partial charge in [0.05, 0.1) is 5.56 Å². The summed E-state index contributed by atoms with van der Waals surface area (Å²) in [6.45, 7) is -2.76. The van der Waals surface area contributed by atoms with Crippen molar-refractivity contribution in [1.29, 1.82) is 0 Å². The summed E-state index contributed by atoms with van der Waals surface area (Å²) in [6, 6.07) is 4.68. The van der Waals surface area contributed by atoms with Crippen molar-refractivity contribution in [3.8, 4) is 5.75 Å². The second-order valence-corrected chi connectivity index (χ2v) is 4.72. The number of ether oxygens (including phenoxy) is 1. The van der Waals surface area contributed by atoms with Crippen LogP contribution in [0.25, 0.3) is 0 Å². The zero-order valence-corrected chi connectivity index (χ0v) is 11.2. The number of carboxylic acid groups (broad SMARTS) is 1. The van der Waals surface area contributed by atoms with Crippen LogP contribution in [0.15, 0.2) is 24.3 Å². The van der Waals surface area contributed by atoms with Gasteiger partial charge in [0, 0.05) is 6.54 Å². The van der Waals surface area contributed by atoms with Gasteiger partial charge in [0.2, 0.25) is 0 Å². The molecule has 0 unspecified atom stereocenters. The van der Waals surface area contributed by atoms with E-state index in [1.54, 1.807) is 0 Å². The zero-order valence-electron chi connectivity index (χ0n) is 11.2. The van der Waals surface area contributed by atoms with Gasteiger partial charge in [0.15, 0.2) is 0 Å². The molecule has 1 atom stereocenters. The summed E-state index contributed by atoms with van der Waals surface area (Å²) in [4.78, 5) is 24.9. The smallest absolute Gasteiger partial charge is 0.387 e. The van der Waals surface area contributed by atoms with Crippen LogP contribution in [0, 0.1) is 0 Å². The van der Waals surface area contributed by atoms with Gasteiger partial charge in [0.25, 0.3) is 5.91 Å². The van der Waals surface area contributed by atoms with E-state index in [4.69, 9.17) is 0 Å². The molecule has 2 rings (SSSR count). The second-order valence-electron chi connectivity index (χ2n) is 4.72. The molecule has 0 radical (unpaired) electrons. The molecule has 1 aliphatic rings. The quantitative estimate of drug-likeness (QED) is 0.927. The van der Waals surface area contributed by atoms with Crippen LogP contribution >= 0.6 is 0 Å². The predicted molar refractivity (Wildman–Crippen MR) is 69.4 cm³/mol. The molecule has 0 aromatic heterocycles. The fourth-order valence-corrected chi connectivity index (χ4v) is 2.43. The number of alkyl halides is 2. The summed E-state index contributed by atoms with van der Waals surface area (Å²) in [5.41, 5.74) is -0.0500. The first-order valence-corrected chi connectivity index (χ1v) is 6.58. The predicted octanol–water partition coefficient (Wildman–Crippen LogP) is 2.37. The average molecular weight is 299 g/mol. The number of hydrogen-bond acceptors (Lipinski definition) is 3. The fourth-order valence-electron chi connectivity index (χ4n) is 2.43. The van der Waals surface area contributed by atoms with Crippen molar-refractivity contribution >= 4 is 11.9 Å². The molecule has 0 spiro atoms. The molecule has 1 amide bonds. The minimum atomic E-state index is -3.05. The molecule has 1 heterocycles. The Morgan fingerprint density at radius 1 is 1.29 bits per heavy atom. The Kier molecular flexibility index (Phi) is 4.72. The van der Waals surface area contributed by atoms with Crippen LogP contribution in [0.4, 0.5) is 8.78 Å². The van der Waals surface area contributed by atoms with Gasteiger partial charge in [-0.15, -0.1) is 0 Å². The van der Waals surface area contributed by atoms with Crippen molar-refractivity contribution in [3.63, 3.8) is 0 Å². The van der Waals surface area contributed by atoms with Crippen molar-refractivity contribution in [2.75, 3.05) is 6.54 Å². The summed E-state index contributed by atoms with van der Waals surface area (Å²) < 4.78 is 29.1. The van der Waals surface area contributed by atoms with Gasteiger partial charge in [0.1, 0.15) is 11.8 Å². The summed E-state index contributed by atoms with van der Waals surface area (Å²) >= 11 is 0. The molecular weight excluding hydrogens is 284 g/mol. The lowest BCUT2D eigenvalue weighted by Crippen LogP contribution is -2.48. The highest BCUT2D eigenvalue weighted by Gasteiger charge is 2.33. The number of halogens is 2. The number of carbonyl (C=O) groups is 2. The van der Waals surface area contributed by atoms with Crippen molar-refractivity contribution in [3.05, 3.63) is 29.8 Å². The summed E-state index contributed by atoms with van der Waals surface area (Å²) in [7, 11) is 0. The van der Waals surface area contributed by atoms with E-state index in [0.29, 0.717) is 19.4 Å². The number of aliphatic carboxylic acids is 1. The van der Waals surface area contributed by atoms with E-state index >= 15 is 0 Å². The van der Waals surface area contributed by atoms with Crippen LogP contribution in [-0.4, -0.2) is 41.1 Å². The number of carboxylic acids is 1. The van der Waals surface area contributed by atoms with Gasteiger partial charge in [-0.1, -0.05) is 12.1 Å². The Morgan fingerprint density at radius 3 is 2.67 bits per heavy atom. The van der Waals surface area contributed by atoms with Crippen molar-refractivity contribution in [2.24, 2.45) is 0 Å². The molecule has 1 saturated heterocycles. The molecular formula is C14H15F2NO4. The first kappa shape index (κ1) is 15.2. The minimum Gasteiger partial charge on any atom is -0.480 e. The number of piperidine rings is 1. The number of amides is 1. The highest BCUT2D eigenvalue weighted by Crippen LogP contribution is 2.25. The maximum Gasteiger partial charge on any atom is 0.387 e. The largest absolute Gasteiger partial charge is 0.480 e. The number of likely N-dealkylation sites (tertiary alicyclic amines) is 1. The standard InChI is InChI=1S/C14H15F2NO4/c15-14(16)21-11-7-2-1-5-9(11)12(18)17-8-4-3-6-10(17)13(19)20/h1-2,5,7,10,14H,3-4,6,8H2,(H,19,20)/t10-/m0/s1. The molecule has 0 saturated carbocycles. The molecule has 114 valence electrons. The third kappa shape index (κ3) is 3.48. The van der Waals surface area contributed by atoms with Crippen LogP contribution in [0.5, 0.6) is 5.75 Å². The third-order valence-electron chi connectivity index (χ3n) is 3.38. The molecule has 1 N–H and O–H groups in total. The SMILES string of the molecule is O=C(O)[C@@H]1CCCCN1C(=O)c1ccccc1OC(F)F. The van der Waals surface area contributed by atoms with Crippen LogP contribution in [-0.2, 0) is 4.79 Å². The van der Waals surface area contributed by atoms with Gasteiger partial charge >= 0.3 is 12.6 Å². The highest BCUT2D eigenvalue weighted by molar-refractivity contribution is 5.99. The van der Waals surface area contributed by atoms with E-state index in [1.165, 1.54) is 29.2 Å². The first-order valence-electron chi connectivity index (χ1n) is 6.58. The topological polar surface area (TPSA) is 66.8 Å². The maximum atomic E-state index is 12.5. The lowest BCUT2D eigenvalue weighted by atomic mass is 10.0. The fraction of sp³-hybridized carbons (Fsp3) is 0.429. The first-order chi connectivity index (χ1) is 10.0. The molecule has 1 aromatic rings. The third-order valence-corrected chi connectivity index (χ3v) is 3.38. The highest BCUT2D eigenvalue weighted by atomic mass is 19.3. The summed E-state index contributed by atoms with van der Waals surface area (Å²) in [5.74, 6) is -1.93. The summed E-state index contributed by atoms with van der Waals surface area (Å²) in [5, 5.41) is 9.17. The molecule has 1 aliphatic heterocycles. The molecule has 1 fully saturated rings. The summed E-state index contributed by atoms with van der Waals surface area (Å²) in [6.07, 6.45) is 1.77. The number of para-hydroxylation sites is 1. The molecule has 0 bridgehead atoms. The Balaban J connectivity index is 2.28. The van der Waals surface area contributed by atoms with E-state index in [1.807, 2.05) is 0 Å². The van der Waals surface area contributed by atoms with Gasteiger partial charge in [-0.25, -0.2) is 4.79 Å². The van der Waals surface area contributed by atoms with Gasteiger partial charge < -0.3 is 14.7 Å². The molecule has 5 nitrogen and oxygen atoms in total. The monoisotopic (exact) mass is 299 g/mol. The molecule has 7 heteroatoms. The number of benzene rings is 1. The average Bonchev–Trinajstić information content (AvgIpc) is 2.46. The van der Waals surface area contributed by atoms with Gasteiger partial charge in [-0.3, -0.25) is 4.79 Å². The van der Waals surface area contributed by atoms with Gasteiger partial charge in [-0.05, 0) is 31.4 Å². The van der Waals surface area contributed by atoms with E-state index in [0.717, 1.165) is 6.42 Å². The lowest BCUT2D eigenvalue weighted by Gasteiger charge is -2.33. The Bertz CT molecular complexity index is 535. The minimum absolute atomic E-state index is 0.0500. The van der Waals surface area contributed by atoms with E-state index in [-0.39, 0.29) is 11.3 Å². The van der Waals surface area contributed by atoms with Crippen molar-refractivity contribution in [1.82, 2.24) is 4.90 Å². The van der Waals surface area contributed by atoms with Crippen molar-refractivity contribution < 1.29 is 28.2 Å². The van der Waals surface area contributed by atoms with Crippen LogP contribution in [0.3, 0.4) is 0 Å². The van der Waals surface area contributed by atoms with Crippen LogP contribution < -0.4 is 4.74 Å². The Hall–Kier alpha value is -2.18. The Labute approximate surface area is 120 Å². The number of rotatable bonds is 4.